The van der Waals surface area contributed by atoms with Crippen molar-refractivity contribution in [2.45, 2.75) is 6.10 Å². The van der Waals surface area contributed by atoms with Gasteiger partial charge in [-0.2, -0.15) is 0 Å². The first-order chi connectivity index (χ1) is 11.6. The molecular weight excluding hydrogens is 326 g/mol. The van der Waals surface area contributed by atoms with Gasteiger partial charge in [0.25, 0.3) is 0 Å². The molecule has 1 heterocycles. The molecule has 0 radical (unpaired) electrons. The molecule has 0 saturated carbocycles. The van der Waals surface area contributed by atoms with E-state index in [1.165, 1.54) is 0 Å². The molecule has 1 unspecified atom stereocenters. The number of nitrogens with zero attached hydrogens (tertiary/aromatic N) is 1. The molecule has 3 aromatic rings. The number of amides is 2. The number of halogens is 1. The second-order valence-electron chi connectivity index (χ2n) is 5.54. The third-order valence-electron chi connectivity index (χ3n) is 3.86. The molecule has 0 saturated heterocycles. The van der Waals surface area contributed by atoms with Crippen molar-refractivity contribution in [1.29, 1.82) is 0 Å². The third-order valence-corrected chi connectivity index (χ3v) is 4.19. The first kappa shape index (κ1) is 16.4. The molecule has 0 spiro atoms. The molecule has 24 heavy (non-hydrogen) atoms. The number of aliphatic hydroxyl groups is 1. The monoisotopic (exact) mass is 343 g/mol. The number of para-hydroxylation sites is 2. The van der Waals surface area contributed by atoms with Crippen LogP contribution in [0.4, 0.5) is 10.5 Å². The Balaban J connectivity index is 1.65. The number of anilines is 1. The summed E-state index contributed by atoms with van der Waals surface area (Å²) in [5.41, 5.74) is 2.34. The van der Waals surface area contributed by atoms with E-state index in [2.05, 4.69) is 10.6 Å². The largest absolute Gasteiger partial charge is 0.386 e. The molecule has 3 rings (SSSR count). The molecule has 124 valence electrons. The number of rotatable bonds is 4. The van der Waals surface area contributed by atoms with E-state index in [1.54, 1.807) is 24.3 Å². The van der Waals surface area contributed by atoms with Gasteiger partial charge in [-0.1, -0.05) is 41.9 Å². The standard InChI is InChI=1S/C18H18ClN3O2/c1-22-11-13(12-6-2-5-9-16(12)22)17(23)10-20-18(24)21-15-8-4-3-7-14(15)19/h2-9,11,17,23H,10H2,1H3,(H2,20,21,24). The molecule has 2 aromatic carbocycles. The number of fused-ring (bicyclic) bond motifs is 1. The first-order valence-electron chi connectivity index (χ1n) is 7.57. The molecule has 0 fully saturated rings. The topological polar surface area (TPSA) is 66.3 Å². The fraction of sp³-hybridized carbons (Fsp3) is 0.167. The van der Waals surface area contributed by atoms with Crippen LogP contribution in [0.2, 0.25) is 5.02 Å². The van der Waals surface area contributed by atoms with E-state index in [0.29, 0.717) is 10.7 Å². The van der Waals surface area contributed by atoms with Crippen molar-refractivity contribution in [3.8, 4) is 0 Å². The summed E-state index contributed by atoms with van der Waals surface area (Å²) in [6.07, 6.45) is 1.08. The molecule has 0 aliphatic rings. The fourth-order valence-corrected chi connectivity index (χ4v) is 2.85. The number of hydrogen-bond acceptors (Lipinski definition) is 2. The maximum Gasteiger partial charge on any atom is 0.319 e. The lowest BCUT2D eigenvalue weighted by atomic mass is 10.1. The minimum Gasteiger partial charge on any atom is -0.386 e. The van der Waals surface area contributed by atoms with Gasteiger partial charge in [0.2, 0.25) is 0 Å². The van der Waals surface area contributed by atoms with Crippen LogP contribution in [0.3, 0.4) is 0 Å². The van der Waals surface area contributed by atoms with E-state index >= 15 is 0 Å². The van der Waals surface area contributed by atoms with Crippen molar-refractivity contribution in [2.24, 2.45) is 7.05 Å². The molecule has 0 bridgehead atoms. The quantitative estimate of drug-likeness (QED) is 0.676. The molecule has 3 N–H and O–H groups in total. The molecule has 1 atom stereocenters. The highest BCUT2D eigenvalue weighted by atomic mass is 35.5. The van der Waals surface area contributed by atoms with Crippen molar-refractivity contribution in [3.63, 3.8) is 0 Å². The van der Waals surface area contributed by atoms with Crippen molar-refractivity contribution in [2.75, 3.05) is 11.9 Å². The zero-order chi connectivity index (χ0) is 17.1. The summed E-state index contributed by atoms with van der Waals surface area (Å²) < 4.78 is 1.96. The predicted octanol–water partition coefficient (Wildman–Crippen LogP) is 3.69. The van der Waals surface area contributed by atoms with Crippen LogP contribution in [-0.2, 0) is 7.05 Å². The Hall–Kier alpha value is -2.50. The third kappa shape index (κ3) is 3.37. The number of urea groups is 1. The van der Waals surface area contributed by atoms with Gasteiger partial charge in [0.15, 0.2) is 0 Å². The lowest BCUT2D eigenvalue weighted by molar-refractivity contribution is 0.176. The Bertz CT molecular complexity index is 876. The van der Waals surface area contributed by atoms with E-state index in [1.807, 2.05) is 42.1 Å². The Kier molecular flexibility index (Phi) is 4.74. The molecule has 2 amide bonds. The summed E-state index contributed by atoms with van der Waals surface area (Å²) in [5, 5.41) is 17.2. The van der Waals surface area contributed by atoms with E-state index in [9.17, 15) is 9.90 Å². The van der Waals surface area contributed by atoms with Gasteiger partial charge in [-0.25, -0.2) is 4.79 Å². The van der Waals surface area contributed by atoms with Gasteiger partial charge in [-0.15, -0.1) is 0 Å². The van der Waals surface area contributed by atoms with Gasteiger partial charge in [-0.05, 0) is 18.2 Å². The van der Waals surface area contributed by atoms with Crippen LogP contribution in [0.25, 0.3) is 10.9 Å². The number of hydrogen-bond donors (Lipinski definition) is 3. The number of carbonyl (C=O) groups is 1. The van der Waals surface area contributed by atoms with Gasteiger partial charge >= 0.3 is 6.03 Å². The molecule has 0 aliphatic carbocycles. The lowest BCUT2D eigenvalue weighted by Crippen LogP contribution is -2.32. The molecule has 6 heteroatoms. The highest BCUT2D eigenvalue weighted by molar-refractivity contribution is 6.33. The van der Waals surface area contributed by atoms with Crippen LogP contribution >= 0.6 is 11.6 Å². The van der Waals surface area contributed by atoms with Gasteiger partial charge in [0, 0.05) is 36.3 Å². The SMILES string of the molecule is Cn1cc(C(O)CNC(=O)Nc2ccccc2Cl)c2ccccc21. The van der Waals surface area contributed by atoms with Crippen molar-refractivity contribution < 1.29 is 9.90 Å². The van der Waals surface area contributed by atoms with Crippen LogP contribution in [0.5, 0.6) is 0 Å². The second-order valence-corrected chi connectivity index (χ2v) is 5.95. The molecular formula is C18H18ClN3O2. The highest BCUT2D eigenvalue weighted by Gasteiger charge is 2.15. The zero-order valence-electron chi connectivity index (χ0n) is 13.2. The highest BCUT2D eigenvalue weighted by Crippen LogP contribution is 2.25. The van der Waals surface area contributed by atoms with Gasteiger partial charge in [-0.3, -0.25) is 0 Å². The van der Waals surface area contributed by atoms with Gasteiger partial charge < -0.3 is 20.3 Å². The van der Waals surface area contributed by atoms with Crippen LogP contribution in [0.15, 0.2) is 54.7 Å². The summed E-state index contributed by atoms with van der Waals surface area (Å²) in [6.45, 7) is 0.101. The van der Waals surface area contributed by atoms with E-state index in [4.69, 9.17) is 11.6 Å². The van der Waals surface area contributed by atoms with Crippen LogP contribution in [0.1, 0.15) is 11.7 Å². The minimum absolute atomic E-state index is 0.101. The summed E-state index contributed by atoms with van der Waals surface area (Å²) in [4.78, 5) is 12.0. The number of aromatic nitrogens is 1. The summed E-state index contributed by atoms with van der Waals surface area (Å²) in [6, 6.07) is 14.4. The van der Waals surface area contributed by atoms with E-state index in [0.717, 1.165) is 16.5 Å². The Morgan fingerprint density at radius 1 is 1.21 bits per heavy atom. The van der Waals surface area contributed by atoms with Crippen LogP contribution in [0, 0.1) is 0 Å². The molecule has 0 aliphatic heterocycles. The smallest absolute Gasteiger partial charge is 0.319 e. The fourth-order valence-electron chi connectivity index (χ4n) is 2.67. The Morgan fingerprint density at radius 3 is 2.71 bits per heavy atom. The number of carbonyl (C=O) groups excluding carboxylic acids is 1. The minimum atomic E-state index is -0.798. The second kappa shape index (κ2) is 6.95. The maximum absolute atomic E-state index is 12.0. The van der Waals surface area contributed by atoms with Gasteiger partial charge in [0.05, 0.1) is 16.8 Å². The van der Waals surface area contributed by atoms with Crippen molar-refractivity contribution in [1.82, 2.24) is 9.88 Å². The lowest BCUT2D eigenvalue weighted by Gasteiger charge is -2.13. The summed E-state index contributed by atoms with van der Waals surface area (Å²) in [5.74, 6) is 0. The Labute approximate surface area is 144 Å². The van der Waals surface area contributed by atoms with Crippen molar-refractivity contribution >= 4 is 34.2 Å². The maximum atomic E-state index is 12.0. The first-order valence-corrected chi connectivity index (χ1v) is 7.95. The average molecular weight is 344 g/mol. The van der Waals surface area contributed by atoms with Crippen LogP contribution < -0.4 is 10.6 Å². The Morgan fingerprint density at radius 2 is 1.92 bits per heavy atom. The number of aliphatic hydroxyl groups excluding tert-OH is 1. The van der Waals surface area contributed by atoms with Crippen LogP contribution in [-0.4, -0.2) is 22.2 Å². The summed E-state index contributed by atoms with van der Waals surface area (Å²) in [7, 11) is 1.93. The number of nitrogens with one attached hydrogen (secondary N) is 2. The predicted molar refractivity (Wildman–Crippen MR) is 96.4 cm³/mol. The number of aryl methyl sites for hydroxylation is 1. The zero-order valence-corrected chi connectivity index (χ0v) is 13.9. The number of benzene rings is 2. The molecule has 5 nitrogen and oxygen atoms in total. The average Bonchev–Trinajstić information content (AvgIpc) is 2.92. The van der Waals surface area contributed by atoms with E-state index < -0.39 is 12.1 Å². The normalized spacial score (nSPS) is 12.1. The van der Waals surface area contributed by atoms with Gasteiger partial charge in [0.1, 0.15) is 0 Å². The summed E-state index contributed by atoms with van der Waals surface area (Å²) >= 11 is 6.00. The van der Waals surface area contributed by atoms with Crippen molar-refractivity contribution in [3.05, 3.63) is 65.3 Å². The van der Waals surface area contributed by atoms with E-state index in [-0.39, 0.29) is 6.54 Å². The molecule has 1 aromatic heterocycles.